The second kappa shape index (κ2) is 4.02. The molecule has 0 N–H and O–H groups in total. The third-order valence-electron chi connectivity index (χ3n) is 4.48. The van der Waals surface area contributed by atoms with E-state index in [-0.39, 0.29) is 0 Å². The lowest BCUT2D eigenvalue weighted by Gasteiger charge is -2.27. The van der Waals surface area contributed by atoms with Gasteiger partial charge in [0, 0.05) is 0 Å². The quantitative estimate of drug-likeness (QED) is 0.587. The van der Waals surface area contributed by atoms with Gasteiger partial charge < -0.3 is 0 Å². The molecule has 0 amide bonds. The molecule has 0 saturated heterocycles. The molecule has 1 fully saturated rings. The van der Waals surface area contributed by atoms with Gasteiger partial charge in [-0.3, -0.25) is 0 Å². The molecule has 3 atom stereocenters. The van der Waals surface area contributed by atoms with Gasteiger partial charge in [0.1, 0.15) is 0 Å². The molecule has 0 heterocycles. The fraction of sp³-hybridized carbons (Fsp3) is 1.00. The Balaban J connectivity index is 2.54. The summed E-state index contributed by atoms with van der Waals surface area (Å²) in [5.41, 5.74) is 0.740. The summed E-state index contributed by atoms with van der Waals surface area (Å²) in [7, 11) is 0. The number of hydrogen-bond acceptors (Lipinski definition) is 0. The van der Waals surface area contributed by atoms with Gasteiger partial charge >= 0.3 is 0 Å². The Hall–Kier alpha value is 0. The van der Waals surface area contributed by atoms with E-state index in [0.29, 0.717) is 0 Å². The van der Waals surface area contributed by atoms with E-state index in [1.807, 2.05) is 0 Å². The van der Waals surface area contributed by atoms with E-state index < -0.39 is 0 Å². The lowest BCUT2D eigenvalue weighted by molar-refractivity contribution is 0.220. The number of hydrogen-bond donors (Lipinski definition) is 0. The van der Waals surface area contributed by atoms with Gasteiger partial charge in [-0.2, -0.15) is 0 Å². The molecule has 0 aromatic heterocycles. The molecule has 1 aliphatic rings. The van der Waals surface area contributed by atoms with E-state index in [4.69, 9.17) is 0 Å². The largest absolute Gasteiger partial charge is 0.0654 e. The molecular formula is C13H26. The zero-order valence-corrected chi connectivity index (χ0v) is 10.1. The molecule has 0 aliphatic heterocycles. The van der Waals surface area contributed by atoms with Crippen molar-refractivity contribution in [3.63, 3.8) is 0 Å². The van der Waals surface area contributed by atoms with Gasteiger partial charge in [0.15, 0.2) is 0 Å². The average Bonchev–Trinajstić information content (AvgIpc) is 2.79. The van der Waals surface area contributed by atoms with Crippen molar-refractivity contribution < 1.29 is 0 Å². The Labute approximate surface area is 84.1 Å². The zero-order chi connectivity index (χ0) is 10.1. The van der Waals surface area contributed by atoms with Crippen molar-refractivity contribution in [1.29, 1.82) is 0 Å². The van der Waals surface area contributed by atoms with Crippen LogP contribution >= 0.6 is 0 Å². The van der Waals surface area contributed by atoms with Crippen LogP contribution in [0.3, 0.4) is 0 Å². The second-order valence-corrected chi connectivity index (χ2v) is 5.31. The fourth-order valence-corrected chi connectivity index (χ4v) is 3.11. The summed E-state index contributed by atoms with van der Waals surface area (Å²) in [5, 5.41) is 0. The van der Waals surface area contributed by atoms with Gasteiger partial charge in [-0.1, -0.05) is 47.5 Å². The molecule has 3 unspecified atom stereocenters. The van der Waals surface area contributed by atoms with Crippen molar-refractivity contribution in [1.82, 2.24) is 0 Å². The minimum Gasteiger partial charge on any atom is -0.0654 e. The van der Waals surface area contributed by atoms with Crippen LogP contribution in [0.5, 0.6) is 0 Å². The topological polar surface area (TPSA) is 0 Å². The third kappa shape index (κ3) is 1.92. The van der Waals surface area contributed by atoms with Crippen molar-refractivity contribution in [2.45, 2.75) is 60.3 Å². The first-order valence-corrected chi connectivity index (χ1v) is 6.08. The first-order valence-electron chi connectivity index (χ1n) is 6.08. The van der Waals surface area contributed by atoms with Crippen LogP contribution in [0.1, 0.15) is 60.3 Å². The van der Waals surface area contributed by atoms with Crippen LogP contribution in [0, 0.1) is 23.2 Å². The highest BCUT2D eigenvalue weighted by molar-refractivity contribution is 5.04. The Kier molecular flexibility index (Phi) is 3.43. The highest BCUT2D eigenvalue weighted by atomic mass is 14.6. The van der Waals surface area contributed by atoms with Crippen LogP contribution in [0.4, 0.5) is 0 Å². The monoisotopic (exact) mass is 182 g/mol. The number of rotatable bonds is 5. The van der Waals surface area contributed by atoms with Gasteiger partial charge in [0.25, 0.3) is 0 Å². The van der Waals surface area contributed by atoms with E-state index in [0.717, 1.165) is 23.2 Å². The first kappa shape index (κ1) is 11.1. The first-order chi connectivity index (χ1) is 6.08. The summed E-state index contributed by atoms with van der Waals surface area (Å²) in [5.74, 6) is 2.84. The minimum atomic E-state index is 0.740. The van der Waals surface area contributed by atoms with Crippen LogP contribution in [-0.4, -0.2) is 0 Å². The van der Waals surface area contributed by atoms with Crippen LogP contribution in [-0.2, 0) is 0 Å². The third-order valence-corrected chi connectivity index (χ3v) is 4.48. The molecule has 0 heteroatoms. The van der Waals surface area contributed by atoms with Gasteiger partial charge in [-0.15, -0.1) is 0 Å². The summed E-state index contributed by atoms with van der Waals surface area (Å²) in [6.45, 7) is 11.9. The molecule has 1 rings (SSSR count). The Morgan fingerprint density at radius 3 is 2.23 bits per heavy atom. The van der Waals surface area contributed by atoms with Gasteiger partial charge in [-0.05, 0) is 36.0 Å². The molecule has 13 heavy (non-hydrogen) atoms. The van der Waals surface area contributed by atoms with Crippen molar-refractivity contribution in [2.75, 3.05) is 0 Å². The summed E-state index contributed by atoms with van der Waals surface area (Å²) in [6.07, 6.45) is 5.75. The van der Waals surface area contributed by atoms with Gasteiger partial charge in [-0.25, -0.2) is 0 Å². The van der Waals surface area contributed by atoms with E-state index in [1.165, 1.54) is 25.7 Å². The summed E-state index contributed by atoms with van der Waals surface area (Å²) in [4.78, 5) is 0. The SMILES string of the molecule is CCCC1CC1(CC)C(C)C(C)C. The highest BCUT2D eigenvalue weighted by Gasteiger charge is 2.55. The maximum absolute atomic E-state index is 2.46. The molecule has 0 aromatic carbocycles. The minimum absolute atomic E-state index is 0.740. The lowest BCUT2D eigenvalue weighted by atomic mass is 9.78. The van der Waals surface area contributed by atoms with E-state index in [1.54, 1.807) is 0 Å². The Morgan fingerprint density at radius 2 is 1.85 bits per heavy atom. The molecule has 0 aromatic rings. The molecule has 0 nitrogen and oxygen atoms in total. The van der Waals surface area contributed by atoms with Crippen molar-refractivity contribution in [3.8, 4) is 0 Å². The van der Waals surface area contributed by atoms with Crippen molar-refractivity contribution >= 4 is 0 Å². The molecule has 0 bridgehead atoms. The standard InChI is InChI=1S/C13H26/c1-6-8-12-9-13(12,7-2)11(5)10(3)4/h10-12H,6-9H2,1-5H3. The maximum Gasteiger partial charge on any atom is -0.0241 e. The van der Waals surface area contributed by atoms with Crippen LogP contribution in [0.25, 0.3) is 0 Å². The zero-order valence-electron chi connectivity index (χ0n) is 10.1. The summed E-state index contributed by atoms with van der Waals surface area (Å²) >= 11 is 0. The molecule has 0 radical (unpaired) electrons. The molecule has 1 saturated carbocycles. The normalized spacial score (nSPS) is 35.1. The second-order valence-electron chi connectivity index (χ2n) is 5.31. The summed E-state index contributed by atoms with van der Waals surface area (Å²) < 4.78 is 0. The van der Waals surface area contributed by atoms with E-state index in [9.17, 15) is 0 Å². The Morgan fingerprint density at radius 1 is 1.23 bits per heavy atom. The summed E-state index contributed by atoms with van der Waals surface area (Å²) in [6, 6.07) is 0. The predicted octanol–water partition coefficient (Wildman–Crippen LogP) is 4.49. The van der Waals surface area contributed by atoms with E-state index in [2.05, 4.69) is 34.6 Å². The van der Waals surface area contributed by atoms with Crippen molar-refractivity contribution in [2.24, 2.45) is 23.2 Å². The van der Waals surface area contributed by atoms with Crippen LogP contribution in [0.2, 0.25) is 0 Å². The molecule has 78 valence electrons. The van der Waals surface area contributed by atoms with Gasteiger partial charge in [0.05, 0.1) is 0 Å². The molecular weight excluding hydrogens is 156 g/mol. The lowest BCUT2D eigenvalue weighted by Crippen LogP contribution is -2.19. The average molecular weight is 182 g/mol. The van der Waals surface area contributed by atoms with Crippen molar-refractivity contribution in [3.05, 3.63) is 0 Å². The van der Waals surface area contributed by atoms with E-state index >= 15 is 0 Å². The fourth-order valence-electron chi connectivity index (χ4n) is 3.11. The highest BCUT2D eigenvalue weighted by Crippen LogP contribution is 2.63. The predicted molar refractivity (Wildman–Crippen MR) is 59.7 cm³/mol. The Bertz CT molecular complexity index is 159. The maximum atomic E-state index is 2.46. The molecule has 0 spiro atoms. The molecule has 1 aliphatic carbocycles. The van der Waals surface area contributed by atoms with Crippen LogP contribution < -0.4 is 0 Å². The smallest absolute Gasteiger partial charge is 0.0241 e. The van der Waals surface area contributed by atoms with Gasteiger partial charge in [0.2, 0.25) is 0 Å². The van der Waals surface area contributed by atoms with Crippen LogP contribution in [0.15, 0.2) is 0 Å².